The summed E-state index contributed by atoms with van der Waals surface area (Å²) < 4.78 is 14.9. The van der Waals surface area contributed by atoms with Crippen molar-refractivity contribution in [2.75, 3.05) is 39.4 Å². The molecule has 0 radical (unpaired) electrons. The number of amides is 1. The lowest BCUT2D eigenvalue weighted by atomic mass is 10.2. The maximum atomic E-state index is 12.6. The van der Waals surface area contributed by atoms with Crippen LogP contribution in [0, 0.1) is 0 Å². The predicted molar refractivity (Wildman–Crippen MR) is 111 cm³/mol. The number of rotatable bonds is 11. The van der Waals surface area contributed by atoms with E-state index in [-0.39, 0.29) is 25.8 Å². The zero-order valence-electron chi connectivity index (χ0n) is 16.5. The number of carbonyl (C=O) groups excluding carboxylic acids is 2. The van der Waals surface area contributed by atoms with Crippen molar-refractivity contribution in [3.05, 3.63) is 60.2 Å². The summed E-state index contributed by atoms with van der Waals surface area (Å²) in [7, 11) is 2.82. The lowest BCUT2D eigenvalue weighted by Gasteiger charge is -2.23. The van der Waals surface area contributed by atoms with Gasteiger partial charge in [-0.15, -0.1) is 11.6 Å². The van der Waals surface area contributed by atoms with E-state index < -0.39 is 11.3 Å². The molecule has 1 unspecified atom stereocenters. The molecular weight excluding hydrogens is 396 g/mol. The number of anilines is 1. The van der Waals surface area contributed by atoms with E-state index in [1.165, 1.54) is 14.2 Å². The minimum Gasteiger partial charge on any atom is -0.468 e. The van der Waals surface area contributed by atoms with E-state index in [9.17, 15) is 9.59 Å². The first-order valence-electron chi connectivity index (χ1n) is 9.01. The number of methoxy groups -OCH3 is 2. The Morgan fingerprint density at radius 3 is 2.55 bits per heavy atom. The molecular formula is C21H25ClN2O5. The van der Waals surface area contributed by atoms with Gasteiger partial charge >= 0.3 is 5.97 Å². The molecule has 0 bridgehead atoms. The molecule has 0 fully saturated rings. The number of alkyl halides is 1. The third kappa shape index (κ3) is 8.11. The van der Waals surface area contributed by atoms with Crippen LogP contribution < -0.4 is 10.1 Å². The number of hydrogen-bond acceptors (Lipinski definition) is 6. The molecule has 29 heavy (non-hydrogen) atoms. The summed E-state index contributed by atoms with van der Waals surface area (Å²) in [6.07, 6.45) is 0. The zero-order valence-corrected chi connectivity index (χ0v) is 17.2. The molecule has 2 aromatic carbocycles. The molecule has 2 aromatic rings. The smallest absolute Gasteiger partial charge is 0.325 e. The molecule has 2 rings (SSSR count). The summed E-state index contributed by atoms with van der Waals surface area (Å²) >= 11 is 6.13. The van der Waals surface area contributed by atoms with Crippen LogP contribution in [0.15, 0.2) is 54.6 Å². The molecule has 0 saturated heterocycles. The molecule has 0 heterocycles. The molecule has 0 saturated carbocycles. The second-order valence-corrected chi connectivity index (χ2v) is 6.80. The largest absolute Gasteiger partial charge is 0.468 e. The van der Waals surface area contributed by atoms with Gasteiger partial charge in [-0.3, -0.25) is 14.5 Å². The van der Waals surface area contributed by atoms with Gasteiger partial charge in [-0.1, -0.05) is 36.4 Å². The standard InChI is InChI=1S/C21H25ClN2O5/c1-27-15-29-18-10-6-9-17(11-18)23-20(25)14-24(13-19(22)21(26)28-2)12-16-7-4-3-5-8-16/h3-11,19H,12-15H2,1-2H3,(H,23,25). The number of carbonyl (C=O) groups is 2. The molecule has 8 heteroatoms. The number of esters is 1. The van der Waals surface area contributed by atoms with Crippen molar-refractivity contribution in [1.82, 2.24) is 4.90 Å². The van der Waals surface area contributed by atoms with Crippen LogP contribution in [0.4, 0.5) is 5.69 Å². The van der Waals surface area contributed by atoms with E-state index in [0.717, 1.165) is 5.56 Å². The highest BCUT2D eigenvalue weighted by Crippen LogP contribution is 2.17. The second kappa shape index (κ2) is 12.1. The Labute approximate surface area is 175 Å². The maximum Gasteiger partial charge on any atom is 0.325 e. The summed E-state index contributed by atoms with van der Waals surface area (Å²) in [5.41, 5.74) is 1.60. The minimum atomic E-state index is -0.873. The quantitative estimate of drug-likeness (QED) is 0.342. The molecule has 1 atom stereocenters. The van der Waals surface area contributed by atoms with E-state index in [1.807, 2.05) is 30.3 Å². The van der Waals surface area contributed by atoms with E-state index in [1.54, 1.807) is 29.2 Å². The Morgan fingerprint density at radius 2 is 1.86 bits per heavy atom. The number of benzene rings is 2. The molecule has 1 N–H and O–H groups in total. The monoisotopic (exact) mass is 420 g/mol. The summed E-state index contributed by atoms with van der Waals surface area (Å²) in [6, 6.07) is 16.6. The van der Waals surface area contributed by atoms with Crippen LogP contribution in [-0.2, 0) is 25.6 Å². The van der Waals surface area contributed by atoms with Gasteiger partial charge < -0.3 is 19.5 Å². The van der Waals surface area contributed by atoms with Crippen molar-refractivity contribution in [2.24, 2.45) is 0 Å². The van der Waals surface area contributed by atoms with Crippen LogP contribution in [0.1, 0.15) is 5.56 Å². The van der Waals surface area contributed by atoms with E-state index in [4.69, 9.17) is 21.1 Å². The number of ether oxygens (including phenoxy) is 3. The van der Waals surface area contributed by atoms with Crippen molar-refractivity contribution in [2.45, 2.75) is 11.9 Å². The first kappa shape index (κ1) is 22.7. The van der Waals surface area contributed by atoms with Gasteiger partial charge in [0, 0.05) is 32.0 Å². The van der Waals surface area contributed by atoms with Crippen molar-refractivity contribution < 1.29 is 23.8 Å². The lowest BCUT2D eigenvalue weighted by molar-refractivity contribution is -0.140. The SMILES string of the molecule is COCOc1cccc(NC(=O)CN(Cc2ccccc2)CC(Cl)C(=O)OC)c1. The van der Waals surface area contributed by atoms with Gasteiger partial charge in [0.2, 0.25) is 5.91 Å². The summed E-state index contributed by atoms with van der Waals surface area (Å²) in [6.45, 7) is 0.810. The predicted octanol–water partition coefficient (Wildman–Crippen LogP) is 2.89. The molecule has 0 aliphatic heterocycles. The normalized spacial score (nSPS) is 11.7. The number of nitrogens with zero attached hydrogens (tertiary/aromatic N) is 1. The van der Waals surface area contributed by atoms with Crippen molar-refractivity contribution >= 4 is 29.2 Å². The zero-order chi connectivity index (χ0) is 21.1. The van der Waals surface area contributed by atoms with Crippen molar-refractivity contribution in [3.63, 3.8) is 0 Å². The molecule has 7 nitrogen and oxygen atoms in total. The van der Waals surface area contributed by atoms with Gasteiger partial charge in [-0.05, 0) is 17.7 Å². The third-order valence-electron chi connectivity index (χ3n) is 3.95. The van der Waals surface area contributed by atoms with Crippen LogP contribution in [-0.4, -0.2) is 56.3 Å². The number of halogens is 1. The Morgan fingerprint density at radius 1 is 1.10 bits per heavy atom. The van der Waals surface area contributed by atoms with Crippen molar-refractivity contribution in [1.29, 1.82) is 0 Å². The van der Waals surface area contributed by atoms with Crippen molar-refractivity contribution in [3.8, 4) is 5.75 Å². The Hall–Kier alpha value is -2.61. The fourth-order valence-corrected chi connectivity index (χ4v) is 2.93. The molecule has 0 aromatic heterocycles. The van der Waals surface area contributed by atoms with Gasteiger partial charge in [0.05, 0.1) is 13.7 Å². The van der Waals surface area contributed by atoms with Gasteiger partial charge in [-0.2, -0.15) is 0 Å². The van der Waals surface area contributed by atoms with Crippen LogP contribution in [0.3, 0.4) is 0 Å². The molecule has 156 valence electrons. The Bertz CT molecular complexity index is 788. The molecule has 0 spiro atoms. The third-order valence-corrected chi connectivity index (χ3v) is 4.27. The summed E-state index contributed by atoms with van der Waals surface area (Å²) in [5, 5.41) is 1.96. The van der Waals surface area contributed by atoms with Crippen LogP contribution >= 0.6 is 11.6 Å². The topological polar surface area (TPSA) is 77.1 Å². The fourth-order valence-electron chi connectivity index (χ4n) is 2.65. The number of hydrogen-bond donors (Lipinski definition) is 1. The van der Waals surface area contributed by atoms with Crippen LogP contribution in [0.5, 0.6) is 5.75 Å². The average molecular weight is 421 g/mol. The highest BCUT2D eigenvalue weighted by Gasteiger charge is 2.22. The summed E-state index contributed by atoms with van der Waals surface area (Å²) in [4.78, 5) is 26.1. The first-order valence-corrected chi connectivity index (χ1v) is 9.45. The Balaban J connectivity index is 2.02. The van der Waals surface area contributed by atoms with Gasteiger partial charge in [-0.25, -0.2) is 0 Å². The lowest BCUT2D eigenvalue weighted by Crippen LogP contribution is -2.39. The van der Waals surface area contributed by atoms with E-state index >= 15 is 0 Å². The van der Waals surface area contributed by atoms with Gasteiger partial charge in [0.1, 0.15) is 11.1 Å². The number of nitrogens with one attached hydrogen (secondary N) is 1. The first-order chi connectivity index (χ1) is 14.0. The highest BCUT2D eigenvalue weighted by molar-refractivity contribution is 6.30. The summed E-state index contributed by atoms with van der Waals surface area (Å²) in [5.74, 6) is -0.191. The Kier molecular flexibility index (Phi) is 9.43. The molecule has 0 aliphatic carbocycles. The van der Waals surface area contributed by atoms with E-state index in [2.05, 4.69) is 10.1 Å². The average Bonchev–Trinajstić information content (AvgIpc) is 2.72. The van der Waals surface area contributed by atoms with E-state index in [0.29, 0.717) is 18.0 Å². The fraction of sp³-hybridized carbons (Fsp3) is 0.333. The molecule has 1 amide bonds. The maximum absolute atomic E-state index is 12.6. The van der Waals surface area contributed by atoms with Crippen LogP contribution in [0.2, 0.25) is 0 Å². The van der Waals surface area contributed by atoms with Gasteiger partial charge in [0.15, 0.2) is 6.79 Å². The van der Waals surface area contributed by atoms with Crippen LogP contribution in [0.25, 0.3) is 0 Å². The molecule has 0 aliphatic rings. The van der Waals surface area contributed by atoms with Gasteiger partial charge in [0.25, 0.3) is 0 Å². The second-order valence-electron chi connectivity index (χ2n) is 6.27. The minimum absolute atomic E-state index is 0.0538. The highest BCUT2D eigenvalue weighted by atomic mass is 35.5.